The minimum Gasteiger partial charge on any atom is -0.391 e. The van der Waals surface area contributed by atoms with Crippen LogP contribution in [0.4, 0.5) is 5.13 Å². The lowest BCUT2D eigenvalue weighted by Crippen LogP contribution is -2.15. The van der Waals surface area contributed by atoms with E-state index in [1.807, 2.05) is 14.0 Å². The SMILES string of the molecule is Cc1nc(N(C)Cc2csc(Br)c2)sc1CO. The van der Waals surface area contributed by atoms with Crippen LogP contribution in [0.2, 0.25) is 0 Å². The van der Waals surface area contributed by atoms with Crippen molar-refractivity contribution in [3.05, 3.63) is 31.4 Å². The number of hydrogen-bond donors (Lipinski definition) is 1. The second-order valence-corrected chi connectivity index (χ2v) is 7.13. The highest BCUT2D eigenvalue weighted by molar-refractivity contribution is 9.11. The summed E-state index contributed by atoms with van der Waals surface area (Å²) in [6.07, 6.45) is 0. The Morgan fingerprint density at radius 1 is 1.53 bits per heavy atom. The highest BCUT2D eigenvalue weighted by Gasteiger charge is 2.11. The molecular weight excluding hydrogens is 320 g/mol. The van der Waals surface area contributed by atoms with Crippen molar-refractivity contribution in [3.8, 4) is 0 Å². The molecule has 0 aliphatic carbocycles. The Balaban J connectivity index is 2.11. The molecule has 2 aromatic heterocycles. The summed E-state index contributed by atoms with van der Waals surface area (Å²) in [6.45, 7) is 2.84. The second-order valence-electron chi connectivity index (χ2n) is 3.78. The number of aliphatic hydroxyl groups excluding tert-OH is 1. The molecule has 0 radical (unpaired) electrons. The number of rotatable bonds is 4. The number of hydrogen-bond acceptors (Lipinski definition) is 5. The normalized spacial score (nSPS) is 10.8. The highest BCUT2D eigenvalue weighted by atomic mass is 79.9. The first-order valence-corrected chi connectivity index (χ1v) is 7.60. The lowest BCUT2D eigenvalue weighted by Gasteiger charge is -2.14. The molecule has 0 aliphatic heterocycles. The van der Waals surface area contributed by atoms with Gasteiger partial charge in [0.1, 0.15) is 0 Å². The van der Waals surface area contributed by atoms with Gasteiger partial charge in [-0.1, -0.05) is 11.3 Å². The Bertz CT molecular complexity index is 509. The Labute approximate surface area is 117 Å². The van der Waals surface area contributed by atoms with Gasteiger partial charge < -0.3 is 10.0 Å². The van der Waals surface area contributed by atoms with Gasteiger partial charge in [0, 0.05) is 13.6 Å². The first-order valence-electron chi connectivity index (χ1n) is 5.11. The van der Waals surface area contributed by atoms with Crippen molar-refractivity contribution in [1.29, 1.82) is 0 Å². The van der Waals surface area contributed by atoms with E-state index in [0.29, 0.717) is 0 Å². The standard InChI is InChI=1S/C11H13BrN2OS2/c1-7-9(5-15)17-11(13-7)14(2)4-8-3-10(12)16-6-8/h3,6,15H,4-5H2,1-2H3. The molecule has 2 aromatic rings. The third-order valence-corrected chi connectivity index (χ3v) is 5.20. The summed E-state index contributed by atoms with van der Waals surface area (Å²) >= 11 is 6.70. The molecule has 0 spiro atoms. The summed E-state index contributed by atoms with van der Waals surface area (Å²) in [6, 6.07) is 2.12. The van der Waals surface area contributed by atoms with Gasteiger partial charge in [-0.3, -0.25) is 0 Å². The molecular formula is C11H13BrN2OS2. The fourth-order valence-electron chi connectivity index (χ4n) is 1.49. The summed E-state index contributed by atoms with van der Waals surface area (Å²) in [7, 11) is 2.02. The van der Waals surface area contributed by atoms with Crippen LogP contribution in [0.3, 0.4) is 0 Å². The average molecular weight is 333 g/mol. The van der Waals surface area contributed by atoms with Gasteiger partial charge >= 0.3 is 0 Å². The van der Waals surface area contributed by atoms with Crippen molar-refractivity contribution in [2.75, 3.05) is 11.9 Å². The zero-order chi connectivity index (χ0) is 12.4. The number of anilines is 1. The molecule has 1 N–H and O–H groups in total. The van der Waals surface area contributed by atoms with Gasteiger partial charge in [0.25, 0.3) is 0 Å². The van der Waals surface area contributed by atoms with Crippen molar-refractivity contribution in [3.63, 3.8) is 0 Å². The quantitative estimate of drug-likeness (QED) is 0.932. The summed E-state index contributed by atoms with van der Waals surface area (Å²) in [5.41, 5.74) is 2.19. The van der Waals surface area contributed by atoms with Crippen molar-refractivity contribution in [1.82, 2.24) is 4.98 Å². The monoisotopic (exact) mass is 332 g/mol. The number of aromatic nitrogens is 1. The maximum atomic E-state index is 9.15. The number of thiophene rings is 1. The summed E-state index contributed by atoms with van der Waals surface area (Å²) in [5.74, 6) is 0. The average Bonchev–Trinajstić information content (AvgIpc) is 2.85. The molecule has 2 heterocycles. The topological polar surface area (TPSA) is 36.4 Å². The minimum absolute atomic E-state index is 0.0708. The van der Waals surface area contributed by atoms with E-state index in [4.69, 9.17) is 5.11 Å². The molecule has 0 atom stereocenters. The fourth-order valence-corrected chi connectivity index (χ4v) is 3.57. The molecule has 0 bridgehead atoms. The van der Waals surface area contributed by atoms with Crippen molar-refractivity contribution in [2.24, 2.45) is 0 Å². The van der Waals surface area contributed by atoms with E-state index in [1.54, 1.807) is 22.7 Å². The van der Waals surface area contributed by atoms with Gasteiger partial charge in [-0.25, -0.2) is 4.98 Å². The van der Waals surface area contributed by atoms with Crippen LogP contribution in [0.25, 0.3) is 0 Å². The molecule has 6 heteroatoms. The zero-order valence-corrected chi connectivity index (χ0v) is 12.8. The van der Waals surface area contributed by atoms with Crippen LogP contribution in [-0.4, -0.2) is 17.1 Å². The summed E-state index contributed by atoms with van der Waals surface area (Å²) < 4.78 is 1.15. The van der Waals surface area contributed by atoms with E-state index >= 15 is 0 Å². The number of halogens is 1. The molecule has 0 unspecified atom stereocenters. The molecule has 92 valence electrons. The number of thiazole rings is 1. The molecule has 3 nitrogen and oxygen atoms in total. The van der Waals surface area contributed by atoms with Gasteiger partial charge in [-0.05, 0) is 39.9 Å². The predicted molar refractivity (Wildman–Crippen MR) is 76.9 cm³/mol. The maximum Gasteiger partial charge on any atom is 0.185 e. The summed E-state index contributed by atoms with van der Waals surface area (Å²) in [5, 5.41) is 12.2. The van der Waals surface area contributed by atoms with Crippen LogP contribution in [0.1, 0.15) is 16.1 Å². The molecule has 0 fully saturated rings. The third-order valence-electron chi connectivity index (χ3n) is 2.39. The van der Waals surface area contributed by atoms with Crippen LogP contribution in [0, 0.1) is 6.92 Å². The Hall–Kier alpha value is -0.430. The van der Waals surface area contributed by atoms with Crippen LogP contribution < -0.4 is 4.90 Å². The maximum absolute atomic E-state index is 9.15. The Morgan fingerprint density at radius 2 is 2.29 bits per heavy atom. The van der Waals surface area contributed by atoms with E-state index in [1.165, 1.54) is 5.56 Å². The van der Waals surface area contributed by atoms with Crippen molar-refractivity contribution in [2.45, 2.75) is 20.1 Å². The van der Waals surface area contributed by atoms with Crippen LogP contribution in [0.15, 0.2) is 15.2 Å². The summed E-state index contributed by atoms with van der Waals surface area (Å²) in [4.78, 5) is 7.51. The zero-order valence-electron chi connectivity index (χ0n) is 9.61. The minimum atomic E-state index is 0.0708. The number of aliphatic hydroxyl groups is 1. The second kappa shape index (κ2) is 5.48. The molecule has 0 aromatic carbocycles. The molecule has 2 rings (SSSR count). The molecule has 17 heavy (non-hydrogen) atoms. The lowest BCUT2D eigenvalue weighted by atomic mass is 10.3. The van der Waals surface area contributed by atoms with Gasteiger partial charge in [-0.15, -0.1) is 11.3 Å². The first-order chi connectivity index (χ1) is 8.10. The van der Waals surface area contributed by atoms with E-state index in [9.17, 15) is 0 Å². The van der Waals surface area contributed by atoms with Gasteiger partial charge in [0.2, 0.25) is 0 Å². The molecule has 0 saturated carbocycles. The van der Waals surface area contributed by atoms with E-state index < -0.39 is 0 Å². The smallest absolute Gasteiger partial charge is 0.185 e. The first kappa shape index (κ1) is 13.0. The van der Waals surface area contributed by atoms with E-state index in [-0.39, 0.29) is 6.61 Å². The van der Waals surface area contributed by atoms with Crippen molar-refractivity contribution < 1.29 is 5.11 Å². The highest BCUT2D eigenvalue weighted by Crippen LogP contribution is 2.27. The van der Waals surface area contributed by atoms with Gasteiger partial charge in [0.05, 0.1) is 21.0 Å². The van der Waals surface area contributed by atoms with Crippen LogP contribution >= 0.6 is 38.6 Å². The largest absolute Gasteiger partial charge is 0.391 e. The van der Waals surface area contributed by atoms with E-state index in [2.05, 4.69) is 37.3 Å². The van der Waals surface area contributed by atoms with Crippen LogP contribution in [0.5, 0.6) is 0 Å². The predicted octanol–water partition coefficient (Wildman–Crippen LogP) is 3.40. The molecule has 0 aliphatic rings. The number of aryl methyl sites for hydroxylation is 1. The fraction of sp³-hybridized carbons (Fsp3) is 0.364. The van der Waals surface area contributed by atoms with Gasteiger partial charge in [-0.2, -0.15) is 0 Å². The van der Waals surface area contributed by atoms with E-state index in [0.717, 1.165) is 26.0 Å². The Kier molecular flexibility index (Phi) is 4.19. The lowest BCUT2D eigenvalue weighted by molar-refractivity contribution is 0.284. The molecule has 0 saturated heterocycles. The van der Waals surface area contributed by atoms with Gasteiger partial charge in [0.15, 0.2) is 5.13 Å². The molecule has 0 amide bonds. The number of nitrogens with zero attached hydrogens (tertiary/aromatic N) is 2. The van der Waals surface area contributed by atoms with Crippen LogP contribution in [-0.2, 0) is 13.2 Å². The third kappa shape index (κ3) is 3.07. The Morgan fingerprint density at radius 3 is 2.82 bits per heavy atom. The van der Waals surface area contributed by atoms with Crippen molar-refractivity contribution >= 4 is 43.7 Å².